The lowest BCUT2D eigenvalue weighted by molar-refractivity contribution is 0.631. The Hall–Kier alpha value is -0.260. The van der Waals surface area contributed by atoms with Crippen molar-refractivity contribution in [2.24, 2.45) is 0 Å². The van der Waals surface area contributed by atoms with Gasteiger partial charge in [0.2, 0.25) is 0 Å². The minimum Gasteiger partial charge on any atom is -0.228 e. The molecular weight excluding hydrogens is 333 g/mol. The van der Waals surface area contributed by atoms with Crippen LogP contribution in [-0.2, 0) is 0 Å². The summed E-state index contributed by atoms with van der Waals surface area (Å²) in [6.45, 7) is 0. The van der Waals surface area contributed by atoms with Crippen molar-refractivity contribution in [3.63, 3.8) is 0 Å². The second-order valence-corrected chi connectivity index (χ2v) is 6.16. The van der Waals surface area contributed by atoms with Gasteiger partial charge in [0.15, 0.2) is 3.92 Å². The summed E-state index contributed by atoms with van der Waals surface area (Å²) in [7, 11) is 0. The molecule has 1 aromatic carbocycles. The number of nitrogens with zero attached hydrogens (tertiary/aromatic N) is 1. The molecule has 0 saturated carbocycles. The Kier molecular flexibility index (Phi) is 2.99. The van der Waals surface area contributed by atoms with Gasteiger partial charge >= 0.3 is 0 Å². The minimum absolute atomic E-state index is 0.258. The van der Waals surface area contributed by atoms with Crippen LogP contribution >= 0.6 is 43.2 Å². The Morgan fingerprint density at radius 2 is 1.93 bits per heavy atom. The van der Waals surface area contributed by atoms with Gasteiger partial charge in [0, 0.05) is 5.56 Å². The van der Waals surface area contributed by atoms with Gasteiger partial charge in [0.1, 0.15) is 5.82 Å². The molecular formula is C9H4Br2FNS. The zero-order valence-electron chi connectivity index (χ0n) is 6.80. The largest absolute Gasteiger partial charge is 0.228 e. The Labute approximate surface area is 101 Å². The normalized spacial score (nSPS) is 10.5. The molecule has 0 aliphatic rings. The summed E-state index contributed by atoms with van der Waals surface area (Å²) in [4.78, 5) is 4.19. The second kappa shape index (κ2) is 4.08. The van der Waals surface area contributed by atoms with Gasteiger partial charge in [-0.15, -0.1) is 0 Å². The first kappa shape index (κ1) is 10.3. The highest BCUT2D eigenvalue weighted by atomic mass is 79.9. The van der Waals surface area contributed by atoms with Gasteiger partial charge in [-0.25, -0.2) is 9.37 Å². The number of aromatic nitrogens is 1. The topological polar surface area (TPSA) is 12.9 Å². The fraction of sp³-hybridized carbons (Fsp3) is 0. The van der Waals surface area contributed by atoms with Crippen molar-refractivity contribution in [3.05, 3.63) is 37.8 Å². The number of rotatable bonds is 1. The van der Waals surface area contributed by atoms with Crippen molar-refractivity contribution in [2.75, 3.05) is 0 Å². The molecule has 2 rings (SSSR count). The van der Waals surface area contributed by atoms with Gasteiger partial charge in [-0.2, -0.15) is 0 Å². The van der Waals surface area contributed by atoms with Crippen LogP contribution in [0, 0.1) is 5.82 Å². The number of benzene rings is 1. The van der Waals surface area contributed by atoms with E-state index in [9.17, 15) is 4.39 Å². The van der Waals surface area contributed by atoms with E-state index in [1.54, 1.807) is 18.2 Å². The third kappa shape index (κ3) is 1.89. The summed E-state index contributed by atoms with van der Waals surface area (Å²) >= 11 is 8.04. The molecule has 72 valence electrons. The minimum atomic E-state index is -0.258. The van der Waals surface area contributed by atoms with E-state index in [1.165, 1.54) is 17.4 Å². The van der Waals surface area contributed by atoms with Crippen LogP contribution < -0.4 is 0 Å². The molecule has 0 radical (unpaired) electrons. The van der Waals surface area contributed by atoms with Gasteiger partial charge in [0.25, 0.3) is 0 Å². The molecule has 0 spiro atoms. The van der Waals surface area contributed by atoms with Crippen LogP contribution in [0.15, 0.2) is 32.0 Å². The van der Waals surface area contributed by atoms with Crippen molar-refractivity contribution >= 4 is 43.2 Å². The predicted octanol–water partition coefficient (Wildman–Crippen LogP) is 4.47. The fourth-order valence-corrected chi connectivity index (χ4v) is 3.71. The van der Waals surface area contributed by atoms with Crippen LogP contribution in [0.25, 0.3) is 11.3 Å². The van der Waals surface area contributed by atoms with Crippen molar-refractivity contribution in [3.8, 4) is 11.3 Å². The summed E-state index contributed by atoms with van der Waals surface area (Å²) in [5.41, 5.74) is 1.15. The molecule has 14 heavy (non-hydrogen) atoms. The second-order valence-electron chi connectivity index (χ2n) is 2.57. The number of hydrogen-bond acceptors (Lipinski definition) is 2. The molecule has 0 atom stereocenters. The van der Waals surface area contributed by atoms with E-state index >= 15 is 0 Å². The van der Waals surface area contributed by atoms with Crippen molar-refractivity contribution in [2.45, 2.75) is 0 Å². The monoisotopic (exact) mass is 335 g/mol. The first-order valence-corrected chi connectivity index (χ1v) is 6.15. The Morgan fingerprint density at radius 1 is 1.21 bits per heavy atom. The van der Waals surface area contributed by atoms with E-state index in [2.05, 4.69) is 36.8 Å². The Morgan fingerprint density at radius 3 is 2.50 bits per heavy atom. The van der Waals surface area contributed by atoms with Gasteiger partial charge < -0.3 is 0 Å². The fourth-order valence-electron chi connectivity index (χ4n) is 1.10. The van der Waals surface area contributed by atoms with Gasteiger partial charge in [-0.1, -0.05) is 23.5 Å². The van der Waals surface area contributed by atoms with Crippen LogP contribution in [-0.4, -0.2) is 4.98 Å². The molecule has 0 saturated heterocycles. The van der Waals surface area contributed by atoms with Crippen LogP contribution in [0.2, 0.25) is 0 Å². The van der Waals surface area contributed by atoms with Crippen LogP contribution in [0.1, 0.15) is 0 Å². The summed E-state index contributed by atoms with van der Waals surface area (Å²) in [5.74, 6) is -0.258. The van der Waals surface area contributed by atoms with Gasteiger partial charge in [0.05, 0.1) is 9.48 Å². The van der Waals surface area contributed by atoms with Crippen LogP contribution in [0.3, 0.4) is 0 Å². The Balaban J connectivity index is 2.60. The lowest BCUT2D eigenvalue weighted by atomic mass is 10.2. The quantitative estimate of drug-likeness (QED) is 0.748. The van der Waals surface area contributed by atoms with E-state index in [0.29, 0.717) is 11.3 Å². The SMILES string of the molecule is Fc1ccccc1-c1nc(Br)sc1Br. The van der Waals surface area contributed by atoms with Gasteiger partial charge in [-0.3, -0.25) is 0 Å². The molecule has 0 unspecified atom stereocenters. The summed E-state index contributed by atoms with van der Waals surface area (Å²) in [5, 5.41) is 0. The first-order chi connectivity index (χ1) is 6.68. The average molecular weight is 337 g/mol. The average Bonchev–Trinajstić information content (AvgIpc) is 2.46. The molecule has 5 heteroatoms. The summed E-state index contributed by atoms with van der Waals surface area (Å²) < 4.78 is 15.0. The zero-order chi connectivity index (χ0) is 10.1. The third-order valence-electron chi connectivity index (χ3n) is 1.69. The molecule has 0 aliphatic carbocycles. The smallest absolute Gasteiger partial charge is 0.160 e. The maximum atomic E-state index is 13.4. The number of hydrogen-bond donors (Lipinski definition) is 0. The van der Waals surface area contributed by atoms with Crippen molar-refractivity contribution in [1.29, 1.82) is 0 Å². The highest BCUT2D eigenvalue weighted by Gasteiger charge is 2.12. The van der Waals surface area contributed by atoms with Crippen molar-refractivity contribution in [1.82, 2.24) is 4.98 Å². The van der Waals surface area contributed by atoms with Crippen LogP contribution in [0.5, 0.6) is 0 Å². The molecule has 1 heterocycles. The van der Waals surface area contributed by atoms with Gasteiger partial charge in [-0.05, 0) is 44.0 Å². The highest BCUT2D eigenvalue weighted by molar-refractivity contribution is 9.12. The Bertz CT molecular complexity index is 470. The summed E-state index contributed by atoms with van der Waals surface area (Å²) in [6.07, 6.45) is 0. The predicted molar refractivity (Wildman–Crippen MR) is 62.9 cm³/mol. The summed E-state index contributed by atoms with van der Waals surface area (Å²) in [6, 6.07) is 6.59. The van der Waals surface area contributed by atoms with E-state index in [-0.39, 0.29) is 5.82 Å². The molecule has 0 amide bonds. The molecule has 0 fully saturated rings. The highest BCUT2D eigenvalue weighted by Crippen LogP contribution is 2.36. The molecule has 2 aromatic rings. The molecule has 0 bridgehead atoms. The zero-order valence-corrected chi connectivity index (χ0v) is 10.8. The van der Waals surface area contributed by atoms with E-state index in [0.717, 1.165) is 7.70 Å². The number of thiazole rings is 1. The van der Waals surface area contributed by atoms with Crippen molar-refractivity contribution < 1.29 is 4.39 Å². The van der Waals surface area contributed by atoms with E-state index in [4.69, 9.17) is 0 Å². The van der Waals surface area contributed by atoms with Crippen LogP contribution in [0.4, 0.5) is 4.39 Å². The lowest BCUT2D eigenvalue weighted by Crippen LogP contribution is -1.83. The van der Waals surface area contributed by atoms with E-state index < -0.39 is 0 Å². The molecule has 0 aliphatic heterocycles. The lowest BCUT2D eigenvalue weighted by Gasteiger charge is -1.98. The third-order valence-corrected chi connectivity index (χ3v) is 3.85. The molecule has 1 aromatic heterocycles. The standard InChI is InChI=1S/C9H4Br2FNS/c10-8-7(13-9(11)14-8)5-3-1-2-4-6(5)12/h1-4H. The molecule has 1 nitrogen and oxygen atoms in total. The number of halogens is 3. The van der Waals surface area contributed by atoms with E-state index in [1.807, 2.05) is 0 Å². The maximum Gasteiger partial charge on any atom is 0.160 e. The molecule has 0 N–H and O–H groups in total. The first-order valence-electron chi connectivity index (χ1n) is 3.75. The maximum absolute atomic E-state index is 13.4.